The molecule has 2 heterocycles. The summed E-state index contributed by atoms with van der Waals surface area (Å²) in [5.41, 5.74) is -0.338. The van der Waals surface area contributed by atoms with Gasteiger partial charge in [0, 0.05) is 30.1 Å². The first-order valence-corrected chi connectivity index (χ1v) is 9.25. The molecule has 1 aromatic carbocycles. The number of nitriles is 1. The number of pyridine rings is 1. The maximum Gasteiger partial charge on any atom is 0.268 e. The summed E-state index contributed by atoms with van der Waals surface area (Å²) < 4.78 is 55.5. The van der Waals surface area contributed by atoms with Crippen LogP contribution < -0.4 is 5.32 Å². The Labute approximate surface area is 166 Å². The quantitative estimate of drug-likeness (QED) is 0.680. The van der Waals surface area contributed by atoms with Crippen molar-refractivity contribution in [2.45, 2.75) is 11.4 Å². The molecule has 0 aliphatic rings. The van der Waals surface area contributed by atoms with E-state index in [2.05, 4.69) is 10.3 Å². The summed E-state index contributed by atoms with van der Waals surface area (Å²) in [7, 11) is -2.73. The summed E-state index contributed by atoms with van der Waals surface area (Å²) in [6.07, 6.45) is 2.47. The molecule has 1 N–H and O–H groups in total. The third-order valence-corrected chi connectivity index (χ3v) is 5.53. The van der Waals surface area contributed by atoms with E-state index < -0.39 is 21.7 Å². The van der Waals surface area contributed by atoms with Crippen molar-refractivity contribution in [1.82, 2.24) is 14.3 Å². The topological polar surface area (TPSA) is 87.8 Å². The van der Waals surface area contributed by atoms with Gasteiger partial charge >= 0.3 is 0 Å². The lowest BCUT2D eigenvalue weighted by atomic mass is 10.1. The van der Waals surface area contributed by atoms with Gasteiger partial charge in [0.05, 0.1) is 4.90 Å². The molecular formula is C18H15ClF2N4O2S. The van der Waals surface area contributed by atoms with Gasteiger partial charge < -0.3 is 5.32 Å². The number of hydrogen-bond donors (Lipinski definition) is 1. The molecule has 146 valence electrons. The molecule has 0 aliphatic carbocycles. The lowest BCUT2D eigenvalue weighted by Crippen LogP contribution is -2.14. The molecule has 0 radical (unpaired) electrons. The van der Waals surface area contributed by atoms with Crippen molar-refractivity contribution in [3.05, 3.63) is 71.7 Å². The standard InChI is InChI=1S/C18H14F2N4O2S.ClH/c1-22-10-12-11-24(27(25,26)14-5-2-4-13(19)8-14)18(17(12)20)15-6-3-7-23-16(15)9-21;/h2-8,11,22H,10H2,1H3;1H. The van der Waals surface area contributed by atoms with Crippen LogP contribution in [0.1, 0.15) is 11.3 Å². The van der Waals surface area contributed by atoms with Gasteiger partial charge in [-0.15, -0.1) is 12.4 Å². The lowest BCUT2D eigenvalue weighted by molar-refractivity contribution is 0.581. The van der Waals surface area contributed by atoms with Crippen molar-refractivity contribution in [2.24, 2.45) is 0 Å². The second kappa shape index (κ2) is 8.48. The fraction of sp³-hybridized carbons (Fsp3) is 0.111. The summed E-state index contributed by atoms with van der Waals surface area (Å²) in [6.45, 7) is 0.0622. The molecule has 10 heteroatoms. The third kappa shape index (κ3) is 3.75. The highest BCUT2D eigenvalue weighted by atomic mass is 35.5. The highest BCUT2D eigenvalue weighted by Gasteiger charge is 2.28. The summed E-state index contributed by atoms with van der Waals surface area (Å²) >= 11 is 0. The van der Waals surface area contributed by atoms with Gasteiger partial charge in [-0.2, -0.15) is 5.26 Å². The summed E-state index contributed by atoms with van der Waals surface area (Å²) in [4.78, 5) is 3.53. The molecule has 3 rings (SSSR count). The Morgan fingerprint density at radius 3 is 2.64 bits per heavy atom. The number of aromatic nitrogens is 2. The molecule has 3 aromatic rings. The number of rotatable bonds is 5. The predicted octanol–water partition coefficient (Wildman–Crippen LogP) is 3.08. The summed E-state index contributed by atoms with van der Waals surface area (Å²) in [5, 5.41) is 12.0. The van der Waals surface area contributed by atoms with Gasteiger partial charge in [0.25, 0.3) is 10.0 Å². The van der Waals surface area contributed by atoms with Crippen molar-refractivity contribution in [1.29, 1.82) is 5.26 Å². The summed E-state index contributed by atoms with van der Waals surface area (Å²) in [6, 6.07) is 9.13. The fourth-order valence-corrected chi connectivity index (χ4v) is 4.10. The van der Waals surface area contributed by atoms with E-state index in [0.29, 0.717) is 0 Å². The van der Waals surface area contributed by atoms with Crippen LogP contribution in [-0.4, -0.2) is 24.4 Å². The second-order valence-corrected chi connectivity index (χ2v) is 7.43. The van der Waals surface area contributed by atoms with Gasteiger partial charge in [-0.05, 0) is 37.4 Å². The predicted molar refractivity (Wildman–Crippen MR) is 101 cm³/mol. The van der Waals surface area contributed by atoms with E-state index >= 15 is 4.39 Å². The molecule has 0 atom stereocenters. The van der Waals surface area contributed by atoms with Crippen molar-refractivity contribution >= 4 is 22.4 Å². The Bertz CT molecular complexity index is 1160. The van der Waals surface area contributed by atoms with E-state index in [9.17, 15) is 18.1 Å². The molecule has 0 fully saturated rings. The van der Waals surface area contributed by atoms with Crippen molar-refractivity contribution in [3.63, 3.8) is 0 Å². The van der Waals surface area contributed by atoms with E-state index in [-0.39, 0.29) is 46.4 Å². The maximum atomic E-state index is 15.1. The van der Waals surface area contributed by atoms with E-state index in [4.69, 9.17) is 0 Å². The van der Waals surface area contributed by atoms with E-state index in [1.807, 2.05) is 6.07 Å². The van der Waals surface area contributed by atoms with Crippen molar-refractivity contribution in [3.8, 4) is 17.3 Å². The first kappa shape index (κ1) is 21.5. The van der Waals surface area contributed by atoms with E-state index in [0.717, 1.165) is 22.3 Å². The van der Waals surface area contributed by atoms with E-state index in [1.54, 1.807) is 7.05 Å². The fourth-order valence-electron chi connectivity index (χ4n) is 2.68. The highest BCUT2D eigenvalue weighted by Crippen LogP contribution is 2.32. The molecule has 0 unspecified atom stereocenters. The normalized spacial score (nSPS) is 10.9. The van der Waals surface area contributed by atoms with Crippen LogP contribution >= 0.6 is 12.4 Å². The van der Waals surface area contributed by atoms with Crippen LogP contribution in [0.2, 0.25) is 0 Å². The van der Waals surface area contributed by atoms with Crippen molar-refractivity contribution < 1.29 is 17.2 Å². The number of hydrogen-bond acceptors (Lipinski definition) is 5. The minimum Gasteiger partial charge on any atom is -0.316 e. The Balaban J connectivity index is 0.00000280. The largest absolute Gasteiger partial charge is 0.316 e. The average molecular weight is 425 g/mol. The molecule has 2 aromatic heterocycles. The first-order valence-electron chi connectivity index (χ1n) is 7.81. The summed E-state index contributed by atoms with van der Waals surface area (Å²) in [5.74, 6) is -1.53. The minimum absolute atomic E-state index is 0. The van der Waals surface area contributed by atoms with Gasteiger partial charge in [-0.1, -0.05) is 6.07 Å². The average Bonchev–Trinajstić information content (AvgIpc) is 2.99. The van der Waals surface area contributed by atoms with Crippen LogP contribution in [0.4, 0.5) is 8.78 Å². The SMILES string of the molecule is CNCc1cn(S(=O)(=O)c2cccc(F)c2)c(-c2cccnc2C#N)c1F.Cl. The van der Waals surface area contributed by atoms with Crippen LogP contribution in [0.15, 0.2) is 53.7 Å². The molecule has 6 nitrogen and oxygen atoms in total. The van der Waals surface area contributed by atoms with Gasteiger partial charge in [0.2, 0.25) is 0 Å². The molecular weight excluding hydrogens is 410 g/mol. The van der Waals surface area contributed by atoms with Gasteiger partial charge in [0.1, 0.15) is 23.3 Å². The Morgan fingerprint density at radius 1 is 1.25 bits per heavy atom. The Hall–Kier alpha value is -2.80. The van der Waals surface area contributed by atoms with Crippen LogP contribution in [0.25, 0.3) is 11.3 Å². The van der Waals surface area contributed by atoms with Crippen LogP contribution in [-0.2, 0) is 16.6 Å². The number of nitrogens with zero attached hydrogens (tertiary/aromatic N) is 3. The van der Waals surface area contributed by atoms with Gasteiger partial charge in [-0.3, -0.25) is 0 Å². The monoisotopic (exact) mass is 424 g/mol. The van der Waals surface area contributed by atoms with E-state index in [1.165, 1.54) is 30.5 Å². The zero-order chi connectivity index (χ0) is 19.6. The van der Waals surface area contributed by atoms with Crippen molar-refractivity contribution in [2.75, 3.05) is 7.05 Å². The minimum atomic E-state index is -4.31. The van der Waals surface area contributed by atoms with Gasteiger partial charge in [-0.25, -0.2) is 26.2 Å². The van der Waals surface area contributed by atoms with Crippen LogP contribution in [0.5, 0.6) is 0 Å². The smallest absolute Gasteiger partial charge is 0.268 e. The first-order chi connectivity index (χ1) is 12.9. The number of nitrogens with one attached hydrogen (secondary N) is 1. The second-order valence-electron chi connectivity index (χ2n) is 5.62. The zero-order valence-corrected chi connectivity index (χ0v) is 16.2. The number of halogens is 3. The lowest BCUT2D eigenvalue weighted by Gasteiger charge is -2.11. The van der Waals surface area contributed by atoms with Crippen LogP contribution in [0, 0.1) is 23.0 Å². The molecule has 0 amide bonds. The molecule has 0 saturated carbocycles. The molecule has 0 saturated heterocycles. The number of benzene rings is 1. The molecule has 0 aliphatic heterocycles. The zero-order valence-electron chi connectivity index (χ0n) is 14.6. The highest BCUT2D eigenvalue weighted by molar-refractivity contribution is 7.90. The molecule has 28 heavy (non-hydrogen) atoms. The van der Waals surface area contributed by atoms with Crippen LogP contribution in [0.3, 0.4) is 0 Å². The molecule has 0 spiro atoms. The molecule has 0 bridgehead atoms. The third-order valence-electron chi connectivity index (χ3n) is 3.87. The Kier molecular flexibility index (Phi) is 6.51. The van der Waals surface area contributed by atoms with Gasteiger partial charge in [0.15, 0.2) is 5.82 Å². The maximum absolute atomic E-state index is 15.1. The Morgan fingerprint density at radius 2 is 2.00 bits per heavy atom.